The van der Waals surface area contributed by atoms with Crippen molar-refractivity contribution in [3.63, 3.8) is 0 Å². The fourth-order valence-electron chi connectivity index (χ4n) is 1.99. The number of nitrogens with one attached hydrogen (secondary N) is 1. The van der Waals surface area contributed by atoms with E-state index >= 15 is 0 Å². The summed E-state index contributed by atoms with van der Waals surface area (Å²) >= 11 is 0. The third-order valence-corrected chi connectivity index (χ3v) is 3.17. The number of hydrogen-bond donors (Lipinski definition) is 1. The van der Waals surface area contributed by atoms with E-state index in [-0.39, 0.29) is 0 Å². The molecule has 2 heteroatoms. The summed E-state index contributed by atoms with van der Waals surface area (Å²) in [6, 6.07) is 18.3. The Morgan fingerprint density at radius 1 is 1.11 bits per heavy atom. The molecule has 0 saturated carbocycles. The van der Waals surface area contributed by atoms with Gasteiger partial charge in [0.2, 0.25) is 0 Å². The Bertz CT molecular complexity index is 594. The molecule has 19 heavy (non-hydrogen) atoms. The number of nitrogens with zero attached hydrogens (tertiary/aromatic N) is 1. The van der Waals surface area contributed by atoms with Crippen LogP contribution >= 0.6 is 0 Å². The first kappa shape index (κ1) is 13.2. The van der Waals surface area contributed by atoms with E-state index in [1.165, 1.54) is 5.56 Å². The van der Waals surface area contributed by atoms with Gasteiger partial charge in [0.25, 0.3) is 0 Å². The largest absolute Gasteiger partial charge is 0.381 e. The molecule has 1 N–H and O–H groups in total. The molecule has 2 nitrogen and oxygen atoms in total. The molecule has 2 aromatic carbocycles. The highest BCUT2D eigenvalue weighted by Crippen LogP contribution is 2.19. The van der Waals surface area contributed by atoms with Crippen LogP contribution in [0.25, 0.3) is 0 Å². The minimum atomic E-state index is 0.521. The third kappa shape index (κ3) is 3.35. The van der Waals surface area contributed by atoms with Crippen molar-refractivity contribution in [3.05, 3.63) is 65.2 Å². The second-order valence-electron chi connectivity index (χ2n) is 4.90. The van der Waals surface area contributed by atoms with Crippen LogP contribution in [0.3, 0.4) is 0 Å². The molecular formula is C17H18N2. The molecule has 0 aliphatic rings. The normalized spacial score (nSPS) is 10.2. The first-order valence-corrected chi connectivity index (χ1v) is 6.52. The van der Waals surface area contributed by atoms with Gasteiger partial charge in [-0.1, -0.05) is 44.2 Å². The van der Waals surface area contributed by atoms with Gasteiger partial charge in [0.05, 0.1) is 11.6 Å². The fraction of sp³-hybridized carbons (Fsp3) is 0.235. The predicted octanol–water partition coefficient (Wildman–Crippen LogP) is 4.29. The van der Waals surface area contributed by atoms with Crippen molar-refractivity contribution < 1.29 is 0 Å². The highest BCUT2D eigenvalue weighted by Gasteiger charge is 2.02. The van der Waals surface area contributed by atoms with Crippen molar-refractivity contribution in [3.8, 4) is 6.07 Å². The van der Waals surface area contributed by atoms with Crippen LogP contribution in [-0.2, 0) is 6.54 Å². The van der Waals surface area contributed by atoms with Crippen LogP contribution in [0.5, 0.6) is 0 Å². The van der Waals surface area contributed by atoms with Crippen molar-refractivity contribution in [2.75, 3.05) is 5.32 Å². The van der Waals surface area contributed by atoms with Gasteiger partial charge < -0.3 is 5.32 Å². The summed E-state index contributed by atoms with van der Waals surface area (Å²) in [5, 5.41) is 12.4. The van der Waals surface area contributed by atoms with Gasteiger partial charge in [0, 0.05) is 12.2 Å². The van der Waals surface area contributed by atoms with E-state index in [0.29, 0.717) is 12.5 Å². The van der Waals surface area contributed by atoms with Crippen LogP contribution in [0.2, 0.25) is 0 Å². The van der Waals surface area contributed by atoms with Crippen molar-refractivity contribution in [1.29, 1.82) is 5.26 Å². The van der Waals surface area contributed by atoms with Crippen LogP contribution in [0, 0.1) is 11.3 Å². The zero-order valence-corrected chi connectivity index (χ0v) is 11.4. The zero-order chi connectivity index (χ0) is 13.7. The highest BCUT2D eigenvalue weighted by molar-refractivity contribution is 5.48. The second kappa shape index (κ2) is 6.06. The van der Waals surface area contributed by atoms with Crippen molar-refractivity contribution >= 4 is 5.69 Å². The molecule has 0 spiro atoms. The predicted molar refractivity (Wildman–Crippen MR) is 79.0 cm³/mol. The van der Waals surface area contributed by atoms with Crippen LogP contribution in [0.1, 0.15) is 36.5 Å². The van der Waals surface area contributed by atoms with Gasteiger partial charge in [-0.3, -0.25) is 0 Å². The summed E-state index contributed by atoms with van der Waals surface area (Å²) < 4.78 is 0. The van der Waals surface area contributed by atoms with Gasteiger partial charge >= 0.3 is 0 Å². The summed E-state index contributed by atoms with van der Waals surface area (Å²) in [4.78, 5) is 0. The van der Waals surface area contributed by atoms with Gasteiger partial charge in [-0.25, -0.2) is 0 Å². The molecule has 0 aromatic heterocycles. The molecule has 0 unspecified atom stereocenters. The molecule has 96 valence electrons. The first-order valence-electron chi connectivity index (χ1n) is 6.52. The molecule has 2 rings (SSSR count). The lowest BCUT2D eigenvalue weighted by atomic mass is 10.0. The molecule has 0 fully saturated rings. The van der Waals surface area contributed by atoms with Crippen LogP contribution in [-0.4, -0.2) is 0 Å². The van der Waals surface area contributed by atoms with E-state index in [1.807, 2.05) is 24.3 Å². The Balaban J connectivity index is 2.11. The molecular weight excluding hydrogens is 232 g/mol. The molecule has 2 aromatic rings. The van der Waals surface area contributed by atoms with Crippen molar-refractivity contribution in [2.24, 2.45) is 0 Å². The number of nitriles is 1. The molecule has 0 bridgehead atoms. The molecule has 0 saturated heterocycles. The van der Waals surface area contributed by atoms with Crippen molar-refractivity contribution in [2.45, 2.75) is 26.3 Å². The molecule has 0 atom stereocenters. The van der Waals surface area contributed by atoms with E-state index < -0.39 is 0 Å². The van der Waals surface area contributed by atoms with Gasteiger partial charge in [-0.05, 0) is 35.2 Å². The summed E-state index contributed by atoms with van der Waals surface area (Å²) in [5.74, 6) is 0.521. The minimum absolute atomic E-state index is 0.521. The Hall–Kier alpha value is -2.27. The standard InChI is InChI=1S/C17H18N2/c1-13(2)14-8-5-9-17(10-14)19-12-16-7-4-3-6-15(16)11-18/h3-10,13,19H,12H2,1-2H3. The molecule has 0 aliphatic heterocycles. The van der Waals surface area contributed by atoms with Crippen molar-refractivity contribution in [1.82, 2.24) is 0 Å². The third-order valence-electron chi connectivity index (χ3n) is 3.17. The molecule has 0 radical (unpaired) electrons. The molecule has 0 aliphatic carbocycles. The zero-order valence-electron chi connectivity index (χ0n) is 11.4. The SMILES string of the molecule is CC(C)c1cccc(NCc2ccccc2C#N)c1. The summed E-state index contributed by atoms with van der Waals surface area (Å²) in [7, 11) is 0. The van der Waals surface area contributed by atoms with E-state index in [1.54, 1.807) is 0 Å². The lowest BCUT2D eigenvalue weighted by Gasteiger charge is -2.11. The smallest absolute Gasteiger partial charge is 0.0995 e. The van der Waals surface area contributed by atoms with E-state index in [4.69, 9.17) is 5.26 Å². The quantitative estimate of drug-likeness (QED) is 0.878. The maximum absolute atomic E-state index is 9.05. The Morgan fingerprint density at radius 3 is 2.63 bits per heavy atom. The van der Waals surface area contributed by atoms with Crippen LogP contribution in [0.15, 0.2) is 48.5 Å². The molecule has 0 amide bonds. The van der Waals surface area contributed by atoms with Gasteiger partial charge in [-0.15, -0.1) is 0 Å². The lowest BCUT2D eigenvalue weighted by molar-refractivity contribution is 0.866. The number of anilines is 1. The van der Waals surface area contributed by atoms with E-state index in [9.17, 15) is 0 Å². The fourth-order valence-corrected chi connectivity index (χ4v) is 1.99. The average Bonchev–Trinajstić information content (AvgIpc) is 2.45. The number of benzene rings is 2. The van der Waals surface area contributed by atoms with Crippen LogP contribution < -0.4 is 5.32 Å². The van der Waals surface area contributed by atoms with Gasteiger partial charge in [0.1, 0.15) is 0 Å². The number of rotatable bonds is 4. The summed E-state index contributed by atoms with van der Waals surface area (Å²) in [6.45, 7) is 5.04. The van der Waals surface area contributed by atoms with Gasteiger partial charge in [0.15, 0.2) is 0 Å². The monoisotopic (exact) mass is 250 g/mol. The summed E-state index contributed by atoms with van der Waals surface area (Å²) in [6.07, 6.45) is 0. The Kier molecular flexibility index (Phi) is 4.20. The highest BCUT2D eigenvalue weighted by atomic mass is 14.9. The average molecular weight is 250 g/mol. The first-order chi connectivity index (χ1) is 9.20. The second-order valence-corrected chi connectivity index (χ2v) is 4.90. The topological polar surface area (TPSA) is 35.8 Å². The van der Waals surface area contributed by atoms with Crippen LogP contribution in [0.4, 0.5) is 5.69 Å². The molecule has 0 heterocycles. The maximum atomic E-state index is 9.05. The lowest BCUT2D eigenvalue weighted by Crippen LogP contribution is -2.02. The van der Waals surface area contributed by atoms with E-state index in [0.717, 1.165) is 16.8 Å². The maximum Gasteiger partial charge on any atom is 0.0995 e. The van der Waals surface area contributed by atoms with Gasteiger partial charge in [-0.2, -0.15) is 5.26 Å². The Morgan fingerprint density at radius 2 is 1.89 bits per heavy atom. The summed E-state index contributed by atoms with van der Waals surface area (Å²) in [5.41, 5.74) is 4.17. The minimum Gasteiger partial charge on any atom is -0.381 e. The Labute approximate surface area is 114 Å². The number of hydrogen-bond acceptors (Lipinski definition) is 2. The van der Waals surface area contributed by atoms with E-state index in [2.05, 4.69) is 49.5 Å².